The lowest BCUT2D eigenvalue weighted by Gasteiger charge is -2.07. The van der Waals surface area contributed by atoms with E-state index in [1.54, 1.807) is 18.2 Å². The zero-order valence-electron chi connectivity index (χ0n) is 13.6. The van der Waals surface area contributed by atoms with Crippen molar-refractivity contribution in [2.24, 2.45) is 0 Å². The lowest BCUT2D eigenvalue weighted by molar-refractivity contribution is 0.0953. The first-order chi connectivity index (χ1) is 11.5. The van der Waals surface area contributed by atoms with Crippen molar-refractivity contribution in [2.45, 2.75) is 20.3 Å². The summed E-state index contributed by atoms with van der Waals surface area (Å²) in [6.45, 7) is 4.29. The van der Waals surface area contributed by atoms with Gasteiger partial charge in [-0.2, -0.15) is 0 Å². The Hall–Kier alpha value is -2.82. The third kappa shape index (κ3) is 2.97. The van der Waals surface area contributed by atoms with Gasteiger partial charge in [-0.3, -0.25) is 4.79 Å². The van der Waals surface area contributed by atoms with E-state index in [1.165, 1.54) is 18.2 Å². The van der Waals surface area contributed by atoms with Gasteiger partial charge < -0.3 is 15.4 Å². The maximum absolute atomic E-state index is 13.9. The maximum Gasteiger partial charge on any atom is 0.251 e. The summed E-state index contributed by atoms with van der Waals surface area (Å²) in [5, 5.41) is 13.2. The fourth-order valence-electron chi connectivity index (χ4n) is 3.01. The van der Waals surface area contributed by atoms with E-state index in [-0.39, 0.29) is 17.5 Å². The zero-order chi connectivity index (χ0) is 17.3. The molecule has 1 aromatic heterocycles. The van der Waals surface area contributed by atoms with Crippen molar-refractivity contribution in [1.82, 2.24) is 10.3 Å². The molecule has 0 aliphatic carbocycles. The second-order valence-electron chi connectivity index (χ2n) is 5.90. The van der Waals surface area contributed by atoms with Gasteiger partial charge in [0.15, 0.2) is 0 Å². The van der Waals surface area contributed by atoms with Crippen molar-refractivity contribution in [3.63, 3.8) is 0 Å². The molecule has 0 bridgehead atoms. The van der Waals surface area contributed by atoms with E-state index < -0.39 is 0 Å². The molecule has 0 unspecified atom stereocenters. The Morgan fingerprint density at radius 3 is 2.79 bits per heavy atom. The van der Waals surface area contributed by atoms with Crippen LogP contribution in [0.25, 0.3) is 10.9 Å². The van der Waals surface area contributed by atoms with Crippen LogP contribution in [0.5, 0.6) is 5.75 Å². The summed E-state index contributed by atoms with van der Waals surface area (Å²) in [6.07, 6.45) is 0.598. The van der Waals surface area contributed by atoms with Gasteiger partial charge in [0.2, 0.25) is 0 Å². The molecule has 124 valence electrons. The summed E-state index contributed by atoms with van der Waals surface area (Å²) in [6, 6.07) is 9.43. The van der Waals surface area contributed by atoms with Crippen LogP contribution in [0.1, 0.15) is 27.2 Å². The number of phenols is 1. The predicted molar refractivity (Wildman–Crippen MR) is 91.9 cm³/mol. The molecule has 1 amide bonds. The molecule has 0 aliphatic rings. The Labute approximate surface area is 139 Å². The summed E-state index contributed by atoms with van der Waals surface area (Å²) in [5.41, 5.74) is 3.85. The Kier molecular flexibility index (Phi) is 4.25. The van der Waals surface area contributed by atoms with Gasteiger partial charge in [-0.1, -0.05) is 12.1 Å². The van der Waals surface area contributed by atoms with Crippen LogP contribution in [0, 0.1) is 19.7 Å². The number of phenolic OH excluding ortho intramolecular Hbond substituents is 1. The minimum Gasteiger partial charge on any atom is -0.508 e. The van der Waals surface area contributed by atoms with E-state index >= 15 is 0 Å². The van der Waals surface area contributed by atoms with Crippen LogP contribution in [-0.4, -0.2) is 22.5 Å². The minimum absolute atomic E-state index is 0.0567. The van der Waals surface area contributed by atoms with Crippen molar-refractivity contribution in [3.05, 3.63) is 64.6 Å². The molecule has 1 heterocycles. The Morgan fingerprint density at radius 1 is 1.25 bits per heavy atom. The van der Waals surface area contributed by atoms with E-state index in [0.717, 1.165) is 22.2 Å². The number of benzene rings is 2. The molecule has 3 aromatic rings. The van der Waals surface area contributed by atoms with Crippen LogP contribution in [0.2, 0.25) is 0 Å². The van der Waals surface area contributed by atoms with Crippen LogP contribution >= 0.6 is 0 Å². The highest BCUT2D eigenvalue weighted by molar-refractivity contribution is 5.94. The fraction of sp³-hybridized carbons (Fsp3) is 0.211. The van der Waals surface area contributed by atoms with Gasteiger partial charge >= 0.3 is 0 Å². The maximum atomic E-state index is 13.9. The van der Waals surface area contributed by atoms with Gasteiger partial charge in [0.25, 0.3) is 5.91 Å². The number of nitrogens with one attached hydrogen (secondary N) is 2. The number of aromatic amines is 1. The lowest BCUT2D eigenvalue weighted by atomic mass is 10.0. The van der Waals surface area contributed by atoms with Crippen molar-refractivity contribution in [2.75, 3.05) is 6.54 Å². The highest BCUT2D eigenvalue weighted by Gasteiger charge is 2.14. The van der Waals surface area contributed by atoms with Gasteiger partial charge in [-0.25, -0.2) is 4.39 Å². The molecular weight excluding hydrogens is 307 g/mol. The Bertz CT molecular complexity index is 915. The number of amides is 1. The molecule has 0 saturated heterocycles. The smallest absolute Gasteiger partial charge is 0.251 e. The molecular formula is C19H19FN2O2. The molecule has 0 aliphatic heterocycles. The number of hydrogen-bond acceptors (Lipinski definition) is 2. The first-order valence-corrected chi connectivity index (χ1v) is 7.81. The van der Waals surface area contributed by atoms with Crippen molar-refractivity contribution in [1.29, 1.82) is 0 Å². The SMILES string of the molecule is Cc1[nH]c2c(F)ccc(C)c2c1CCNC(=O)c1cccc(O)c1. The third-order valence-corrected chi connectivity index (χ3v) is 4.20. The molecule has 24 heavy (non-hydrogen) atoms. The topological polar surface area (TPSA) is 65.1 Å². The van der Waals surface area contributed by atoms with Gasteiger partial charge in [-0.05, 0) is 55.7 Å². The number of aromatic hydroxyl groups is 1. The monoisotopic (exact) mass is 326 g/mol. The van der Waals surface area contributed by atoms with Crippen LogP contribution in [-0.2, 0) is 6.42 Å². The molecule has 0 saturated carbocycles. The first-order valence-electron chi connectivity index (χ1n) is 7.81. The van der Waals surface area contributed by atoms with Gasteiger partial charge in [0.05, 0.1) is 5.52 Å². The predicted octanol–water partition coefficient (Wildman–Crippen LogP) is 3.60. The van der Waals surface area contributed by atoms with Crippen LogP contribution < -0.4 is 5.32 Å². The standard InChI is InChI=1S/C19H19FN2O2/c1-11-6-7-16(20)18-17(11)15(12(2)22-18)8-9-21-19(24)13-4-3-5-14(23)10-13/h3-7,10,22-23H,8-9H2,1-2H3,(H,21,24). The number of carbonyl (C=O) groups excluding carboxylic acids is 1. The first kappa shape index (κ1) is 16.1. The number of fused-ring (bicyclic) bond motifs is 1. The van der Waals surface area contributed by atoms with E-state index in [1.807, 2.05) is 13.8 Å². The van der Waals surface area contributed by atoms with Crippen molar-refractivity contribution < 1.29 is 14.3 Å². The van der Waals surface area contributed by atoms with Crippen LogP contribution in [0.4, 0.5) is 4.39 Å². The lowest BCUT2D eigenvalue weighted by Crippen LogP contribution is -2.25. The largest absolute Gasteiger partial charge is 0.508 e. The summed E-state index contributed by atoms with van der Waals surface area (Å²) in [7, 11) is 0. The number of halogens is 1. The number of hydrogen-bond donors (Lipinski definition) is 3. The molecule has 3 N–H and O–H groups in total. The summed E-state index contributed by atoms with van der Waals surface area (Å²) in [4.78, 5) is 15.2. The molecule has 0 atom stereocenters. The van der Waals surface area contributed by atoms with Crippen molar-refractivity contribution >= 4 is 16.8 Å². The second-order valence-corrected chi connectivity index (χ2v) is 5.90. The fourth-order valence-corrected chi connectivity index (χ4v) is 3.01. The summed E-state index contributed by atoms with van der Waals surface area (Å²) < 4.78 is 13.9. The Morgan fingerprint density at radius 2 is 2.04 bits per heavy atom. The second kappa shape index (κ2) is 6.35. The number of carbonyl (C=O) groups is 1. The number of rotatable bonds is 4. The van der Waals surface area contributed by atoms with Gasteiger partial charge in [0, 0.05) is 23.2 Å². The molecule has 5 heteroatoms. The summed E-state index contributed by atoms with van der Waals surface area (Å²) >= 11 is 0. The highest BCUT2D eigenvalue weighted by Crippen LogP contribution is 2.27. The summed E-state index contributed by atoms with van der Waals surface area (Å²) in [5.74, 6) is -0.457. The van der Waals surface area contributed by atoms with E-state index in [2.05, 4.69) is 10.3 Å². The molecule has 4 nitrogen and oxygen atoms in total. The van der Waals surface area contributed by atoms with Crippen molar-refractivity contribution in [3.8, 4) is 5.75 Å². The van der Waals surface area contributed by atoms with Crippen LogP contribution in [0.3, 0.4) is 0 Å². The number of aryl methyl sites for hydroxylation is 2. The third-order valence-electron chi connectivity index (χ3n) is 4.20. The number of aromatic nitrogens is 1. The highest BCUT2D eigenvalue weighted by atomic mass is 19.1. The normalized spacial score (nSPS) is 11.0. The quantitative estimate of drug-likeness (QED) is 0.686. The zero-order valence-corrected chi connectivity index (χ0v) is 13.6. The molecule has 0 radical (unpaired) electrons. The minimum atomic E-state index is -0.270. The van der Waals surface area contributed by atoms with E-state index in [4.69, 9.17) is 0 Å². The average Bonchev–Trinajstić information content (AvgIpc) is 2.89. The average molecular weight is 326 g/mol. The number of H-pyrrole nitrogens is 1. The molecule has 2 aromatic carbocycles. The van der Waals surface area contributed by atoms with Gasteiger partial charge in [0.1, 0.15) is 11.6 Å². The van der Waals surface area contributed by atoms with E-state index in [9.17, 15) is 14.3 Å². The van der Waals surface area contributed by atoms with Gasteiger partial charge in [-0.15, -0.1) is 0 Å². The Balaban J connectivity index is 1.76. The van der Waals surface area contributed by atoms with Crippen LogP contribution in [0.15, 0.2) is 36.4 Å². The molecule has 0 fully saturated rings. The van der Waals surface area contributed by atoms with E-state index in [0.29, 0.717) is 24.0 Å². The molecule has 3 rings (SSSR count). The molecule has 0 spiro atoms.